The van der Waals surface area contributed by atoms with Crippen LogP contribution >= 0.6 is 0 Å². The van der Waals surface area contributed by atoms with Crippen LogP contribution in [0.3, 0.4) is 0 Å². The number of amides is 1. The van der Waals surface area contributed by atoms with E-state index in [0.717, 1.165) is 16.8 Å². The Kier molecular flexibility index (Phi) is 5.16. The molecule has 126 valence electrons. The molecule has 0 spiro atoms. The fourth-order valence-electron chi connectivity index (χ4n) is 3.18. The molecule has 2 N–H and O–H groups in total. The SMILES string of the molecule is C[C@H]1CN(C(=O)CCc2ccccc2N)[C@H](c2ccccc2)CO1. The Morgan fingerprint density at radius 3 is 2.62 bits per heavy atom. The van der Waals surface area contributed by atoms with Crippen molar-refractivity contribution in [1.29, 1.82) is 0 Å². The van der Waals surface area contributed by atoms with E-state index in [1.165, 1.54) is 0 Å². The summed E-state index contributed by atoms with van der Waals surface area (Å²) in [6, 6.07) is 17.8. The van der Waals surface area contributed by atoms with Crippen molar-refractivity contribution in [3.63, 3.8) is 0 Å². The number of para-hydroxylation sites is 1. The average molecular weight is 324 g/mol. The van der Waals surface area contributed by atoms with Gasteiger partial charge in [-0.1, -0.05) is 48.5 Å². The van der Waals surface area contributed by atoms with Crippen LogP contribution in [0.5, 0.6) is 0 Å². The Morgan fingerprint density at radius 2 is 1.88 bits per heavy atom. The molecule has 0 radical (unpaired) electrons. The van der Waals surface area contributed by atoms with Gasteiger partial charge in [0.2, 0.25) is 5.91 Å². The molecule has 1 amide bonds. The molecule has 0 saturated carbocycles. The van der Waals surface area contributed by atoms with Gasteiger partial charge in [0.1, 0.15) is 0 Å². The van der Waals surface area contributed by atoms with Gasteiger partial charge in [-0.15, -0.1) is 0 Å². The molecule has 1 heterocycles. The zero-order valence-corrected chi connectivity index (χ0v) is 14.0. The van der Waals surface area contributed by atoms with E-state index in [-0.39, 0.29) is 18.1 Å². The van der Waals surface area contributed by atoms with Crippen LogP contribution in [-0.2, 0) is 16.0 Å². The van der Waals surface area contributed by atoms with Crippen molar-refractivity contribution in [3.05, 3.63) is 65.7 Å². The number of nitrogen functional groups attached to an aromatic ring is 1. The normalized spacial score (nSPS) is 20.8. The Labute approximate surface area is 143 Å². The summed E-state index contributed by atoms with van der Waals surface area (Å²) in [5.41, 5.74) is 8.88. The first-order valence-corrected chi connectivity index (χ1v) is 8.44. The Bertz CT molecular complexity index is 687. The number of nitrogens with zero attached hydrogens (tertiary/aromatic N) is 1. The molecule has 2 aromatic carbocycles. The third kappa shape index (κ3) is 3.77. The van der Waals surface area contributed by atoms with E-state index in [4.69, 9.17) is 10.5 Å². The minimum Gasteiger partial charge on any atom is -0.399 e. The quantitative estimate of drug-likeness (QED) is 0.879. The van der Waals surface area contributed by atoms with Crippen molar-refractivity contribution in [1.82, 2.24) is 4.90 Å². The number of morpholine rings is 1. The Balaban J connectivity index is 1.71. The fourth-order valence-corrected chi connectivity index (χ4v) is 3.18. The number of anilines is 1. The smallest absolute Gasteiger partial charge is 0.223 e. The summed E-state index contributed by atoms with van der Waals surface area (Å²) >= 11 is 0. The highest BCUT2D eigenvalue weighted by Crippen LogP contribution is 2.27. The summed E-state index contributed by atoms with van der Waals surface area (Å²) in [6.45, 7) is 3.18. The zero-order chi connectivity index (χ0) is 16.9. The minimum atomic E-state index is -0.0111. The maximum Gasteiger partial charge on any atom is 0.223 e. The predicted octanol–water partition coefficient (Wildman–Crippen LogP) is 3.19. The molecule has 1 saturated heterocycles. The van der Waals surface area contributed by atoms with Gasteiger partial charge in [0, 0.05) is 18.7 Å². The van der Waals surface area contributed by atoms with Crippen molar-refractivity contribution in [3.8, 4) is 0 Å². The van der Waals surface area contributed by atoms with Crippen LogP contribution in [0.2, 0.25) is 0 Å². The number of hydrogen-bond donors (Lipinski definition) is 1. The lowest BCUT2D eigenvalue weighted by Gasteiger charge is -2.39. The third-order valence-electron chi connectivity index (χ3n) is 4.54. The van der Waals surface area contributed by atoms with Gasteiger partial charge in [0.05, 0.1) is 18.8 Å². The maximum absolute atomic E-state index is 12.8. The lowest BCUT2D eigenvalue weighted by Crippen LogP contribution is -2.46. The largest absolute Gasteiger partial charge is 0.399 e. The van der Waals surface area contributed by atoms with Gasteiger partial charge in [0.25, 0.3) is 0 Å². The Morgan fingerprint density at radius 1 is 1.17 bits per heavy atom. The van der Waals surface area contributed by atoms with Gasteiger partial charge in [-0.3, -0.25) is 4.79 Å². The second-order valence-electron chi connectivity index (χ2n) is 6.32. The minimum absolute atomic E-state index is 0.0111. The lowest BCUT2D eigenvalue weighted by molar-refractivity contribution is -0.144. The molecule has 0 aromatic heterocycles. The van der Waals surface area contributed by atoms with Crippen LogP contribution in [0.25, 0.3) is 0 Å². The molecule has 24 heavy (non-hydrogen) atoms. The number of benzene rings is 2. The topological polar surface area (TPSA) is 55.6 Å². The van der Waals surface area contributed by atoms with Crippen molar-refractivity contribution in [2.75, 3.05) is 18.9 Å². The first kappa shape index (κ1) is 16.5. The molecular weight excluding hydrogens is 300 g/mol. The third-order valence-corrected chi connectivity index (χ3v) is 4.54. The van der Waals surface area contributed by atoms with E-state index in [1.807, 2.05) is 54.3 Å². The molecule has 1 fully saturated rings. The summed E-state index contributed by atoms with van der Waals surface area (Å²) in [5.74, 6) is 0.155. The molecule has 2 aromatic rings. The number of nitrogens with two attached hydrogens (primary N) is 1. The fraction of sp³-hybridized carbons (Fsp3) is 0.350. The molecule has 3 rings (SSSR count). The summed E-state index contributed by atoms with van der Waals surface area (Å²) in [7, 11) is 0. The van der Waals surface area contributed by atoms with Gasteiger partial charge in [-0.05, 0) is 30.5 Å². The van der Waals surface area contributed by atoms with Gasteiger partial charge in [0.15, 0.2) is 0 Å². The summed E-state index contributed by atoms with van der Waals surface area (Å²) in [6.07, 6.45) is 1.19. The van der Waals surface area contributed by atoms with Crippen LogP contribution in [0.1, 0.15) is 30.5 Å². The second kappa shape index (κ2) is 7.49. The molecule has 4 nitrogen and oxygen atoms in total. The first-order valence-electron chi connectivity index (χ1n) is 8.44. The monoisotopic (exact) mass is 324 g/mol. The molecule has 0 unspecified atom stereocenters. The van der Waals surface area contributed by atoms with Gasteiger partial charge < -0.3 is 15.4 Å². The highest BCUT2D eigenvalue weighted by Gasteiger charge is 2.31. The number of carbonyl (C=O) groups is 1. The van der Waals surface area contributed by atoms with Crippen molar-refractivity contribution < 1.29 is 9.53 Å². The van der Waals surface area contributed by atoms with Crippen LogP contribution in [0.4, 0.5) is 5.69 Å². The average Bonchev–Trinajstić information content (AvgIpc) is 2.61. The number of ether oxygens (including phenoxy) is 1. The van der Waals surface area contributed by atoms with E-state index in [9.17, 15) is 4.79 Å². The Hall–Kier alpha value is -2.33. The molecule has 0 bridgehead atoms. The molecular formula is C20H24N2O2. The predicted molar refractivity (Wildman–Crippen MR) is 95.5 cm³/mol. The summed E-state index contributed by atoms with van der Waals surface area (Å²) < 4.78 is 5.79. The standard InChI is InChI=1S/C20H24N2O2/c1-15-13-22(19(14-24-15)17-8-3-2-4-9-17)20(23)12-11-16-7-5-6-10-18(16)21/h2-10,15,19H,11-14,21H2,1H3/t15-,19-/m0/s1. The van der Waals surface area contributed by atoms with Crippen molar-refractivity contribution in [2.24, 2.45) is 0 Å². The number of rotatable bonds is 4. The van der Waals surface area contributed by atoms with Crippen molar-refractivity contribution in [2.45, 2.75) is 31.9 Å². The van der Waals surface area contributed by atoms with E-state index >= 15 is 0 Å². The molecule has 4 heteroatoms. The van der Waals surface area contributed by atoms with Gasteiger partial charge in [-0.25, -0.2) is 0 Å². The summed E-state index contributed by atoms with van der Waals surface area (Å²) in [4.78, 5) is 14.8. The highest BCUT2D eigenvalue weighted by atomic mass is 16.5. The second-order valence-corrected chi connectivity index (χ2v) is 6.32. The molecule has 1 aliphatic heterocycles. The molecule has 1 aliphatic rings. The zero-order valence-electron chi connectivity index (χ0n) is 14.0. The highest BCUT2D eigenvalue weighted by molar-refractivity contribution is 5.77. The summed E-state index contributed by atoms with van der Waals surface area (Å²) in [5, 5.41) is 0. The molecule has 2 atom stereocenters. The number of hydrogen-bond acceptors (Lipinski definition) is 3. The van der Waals surface area contributed by atoms with E-state index in [2.05, 4.69) is 12.1 Å². The van der Waals surface area contributed by atoms with E-state index < -0.39 is 0 Å². The molecule has 0 aliphatic carbocycles. The number of aryl methyl sites for hydroxylation is 1. The van der Waals surface area contributed by atoms with Crippen LogP contribution in [-0.4, -0.2) is 30.1 Å². The number of carbonyl (C=O) groups excluding carboxylic acids is 1. The van der Waals surface area contributed by atoms with Gasteiger partial charge >= 0.3 is 0 Å². The van der Waals surface area contributed by atoms with E-state index in [1.54, 1.807) is 0 Å². The van der Waals surface area contributed by atoms with Crippen LogP contribution in [0, 0.1) is 0 Å². The van der Waals surface area contributed by atoms with E-state index in [0.29, 0.717) is 26.0 Å². The first-order chi connectivity index (χ1) is 11.6. The lowest BCUT2D eigenvalue weighted by atomic mass is 10.0. The van der Waals surface area contributed by atoms with Crippen molar-refractivity contribution >= 4 is 11.6 Å². The van der Waals surface area contributed by atoms with Gasteiger partial charge in [-0.2, -0.15) is 0 Å². The van der Waals surface area contributed by atoms with Crippen LogP contribution in [0.15, 0.2) is 54.6 Å². The maximum atomic E-state index is 12.8. The van der Waals surface area contributed by atoms with Crippen LogP contribution < -0.4 is 5.73 Å².